The Morgan fingerprint density at radius 2 is 1.94 bits per heavy atom. The van der Waals surface area contributed by atoms with E-state index in [-0.39, 0.29) is 5.91 Å². The van der Waals surface area contributed by atoms with Crippen molar-refractivity contribution >= 4 is 5.91 Å². The minimum Gasteiger partial charge on any atom is -0.354 e. The van der Waals surface area contributed by atoms with E-state index >= 15 is 0 Å². The first-order valence-electron chi connectivity index (χ1n) is 6.24. The topological polar surface area (TPSA) is 46.9 Å². The molecule has 0 radical (unpaired) electrons. The molecule has 96 valence electrons. The summed E-state index contributed by atoms with van der Waals surface area (Å²) in [5.74, 6) is 1.72. The van der Waals surface area contributed by atoms with Gasteiger partial charge in [-0.2, -0.15) is 5.10 Å². The van der Waals surface area contributed by atoms with Gasteiger partial charge in [-0.1, -0.05) is 27.7 Å². The van der Waals surface area contributed by atoms with Gasteiger partial charge in [0.15, 0.2) is 0 Å². The Bertz CT molecular complexity index is 322. The summed E-state index contributed by atoms with van der Waals surface area (Å²) >= 11 is 0. The second kappa shape index (κ2) is 6.42. The molecule has 0 spiro atoms. The van der Waals surface area contributed by atoms with Gasteiger partial charge >= 0.3 is 0 Å². The maximum Gasteiger partial charge on any atom is 0.241 e. The predicted octanol–water partition coefficient (Wildman–Crippen LogP) is 1.93. The first-order valence-corrected chi connectivity index (χ1v) is 6.24. The van der Waals surface area contributed by atoms with Crippen molar-refractivity contribution in [3.63, 3.8) is 0 Å². The van der Waals surface area contributed by atoms with Crippen LogP contribution in [-0.2, 0) is 11.3 Å². The Hall–Kier alpha value is -1.32. The van der Waals surface area contributed by atoms with Crippen molar-refractivity contribution in [2.24, 2.45) is 17.8 Å². The summed E-state index contributed by atoms with van der Waals surface area (Å²) in [7, 11) is 0. The predicted molar refractivity (Wildman–Crippen MR) is 68.4 cm³/mol. The summed E-state index contributed by atoms with van der Waals surface area (Å²) in [5.41, 5.74) is 0. The van der Waals surface area contributed by atoms with E-state index in [0.29, 0.717) is 24.3 Å². The highest BCUT2D eigenvalue weighted by molar-refractivity contribution is 5.75. The molecule has 0 atom stereocenters. The van der Waals surface area contributed by atoms with E-state index in [1.807, 2.05) is 6.07 Å². The van der Waals surface area contributed by atoms with Crippen LogP contribution >= 0.6 is 0 Å². The molecule has 0 bridgehead atoms. The molecule has 1 N–H and O–H groups in total. The summed E-state index contributed by atoms with van der Waals surface area (Å²) in [4.78, 5) is 11.7. The maximum atomic E-state index is 11.7. The van der Waals surface area contributed by atoms with Crippen LogP contribution in [0.3, 0.4) is 0 Å². The summed E-state index contributed by atoms with van der Waals surface area (Å²) < 4.78 is 1.63. The van der Waals surface area contributed by atoms with Gasteiger partial charge in [-0.25, -0.2) is 0 Å². The second-order valence-corrected chi connectivity index (χ2v) is 5.16. The van der Waals surface area contributed by atoms with Gasteiger partial charge in [0.1, 0.15) is 6.54 Å². The van der Waals surface area contributed by atoms with Gasteiger partial charge in [0.25, 0.3) is 0 Å². The van der Waals surface area contributed by atoms with Crippen molar-refractivity contribution in [2.45, 2.75) is 34.2 Å². The van der Waals surface area contributed by atoms with Crippen molar-refractivity contribution in [2.75, 3.05) is 6.54 Å². The molecule has 0 unspecified atom stereocenters. The van der Waals surface area contributed by atoms with Gasteiger partial charge in [0.05, 0.1) is 0 Å². The largest absolute Gasteiger partial charge is 0.354 e. The zero-order valence-corrected chi connectivity index (χ0v) is 11.2. The minimum atomic E-state index is 0.0278. The van der Waals surface area contributed by atoms with Gasteiger partial charge in [0, 0.05) is 18.9 Å². The molecule has 0 saturated heterocycles. The molecule has 1 rings (SSSR count). The number of nitrogens with zero attached hydrogens (tertiary/aromatic N) is 2. The van der Waals surface area contributed by atoms with E-state index in [9.17, 15) is 4.79 Å². The Labute approximate surface area is 103 Å². The molecule has 4 heteroatoms. The summed E-state index contributed by atoms with van der Waals surface area (Å²) in [6.07, 6.45) is 3.47. The van der Waals surface area contributed by atoms with Crippen LogP contribution in [0.15, 0.2) is 18.5 Å². The van der Waals surface area contributed by atoms with Crippen molar-refractivity contribution in [1.29, 1.82) is 0 Å². The quantitative estimate of drug-likeness (QED) is 0.821. The van der Waals surface area contributed by atoms with E-state index < -0.39 is 0 Å². The molecular weight excluding hydrogens is 214 g/mol. The fourth-order valence-electron chi connectivity index (χ4n) is 2.07. The van der Waals surface area contributed by atoms with Gasteiger partial charge in [0.2, 0.25) is 5.91 Å². The minimum absolute atomic E-state index is 0.0278. The van der Waals surface area contributed by atoms with Crippen molar-refractivity contribution in [1.82, 2.24) is 15.1 Å². The van der Waals surface area contributed by atoms with Crippen LogP contribution in [0.4, 0.5) is 0 Å². The number of aromatic nitrogens is 2. The Morgan fingerprint density at radius 3 is 2.41 bits per heavy atom. The molecular formula is C13H23N3O. The number of carbonyl (C=O) groups excluding carboxylic acids is 1. The van der Waals surface area contributed by atoms with Gasteiger partial charge in [-0.3, -0.25) is 9.48 Å². The van der Waals surface area contributed by atoms with Crippen LogP contribution < -0.4 is 5.32 Å². The third kappa shape index (κ3) is 4.59. The number of carbonyl (C=O) groups is 1. The molecule has 4 nitrogen and oxygen atoms in total. The Morgan fingerprint density at radius 1 is 1.29 bits per heavy atom. The number of hydrogen-bond acceptors (Lipinski definition) is 2. The Kier molecular flexibility index (Phi) is 5.19. The lowest BCUT2D eigenvalue weighted by Gasteiger charge is -2.25. The van der Waals surface area contributed by atoms with Crippen LogP contribution in [-0.4, -0.2) is 22.2 Å². The SMILES string of the molecule is CC(C)C(CNC(=O)Cn1cccn1)C(C)C. The normalized spacial score (nSPS) is 11.5. The lowest BCUT2D eigenvalue weighted by atomic mass is 9.85. The maximum absolute atomic E-state index is 11.7. The molecule has 1 aromatic heterocycles. The van der Waals surface area contributed by atoms with Crippen molar-refractivity contribution in [3.05, 3.63) is 18.5 Å². The highest BCUT2D eigenvalue weighted by atomic mass is 16.2. The summed E-state index contributed by atoms with van der Waals surface area (Å²) in [5, 5.41) is 6.99. The second-order valence-electron chi connectivity index (χ2n) is 5.16. The van der Waals surface area contributed by atoms with Crippen molar-refractivity contribution in [3.8, 4) is 0 Å². The van der Waals surface area contributed by atoms with Crippen molar-refractivity contribution < 1.29 is 4.79 Å². The lowest BCUT2D eigenvalue weighted by Crippen LogP contribution is -2.35. The molecule has 1 aromatic rings. The highest BCUT2D eigenvalue weighted by Gasteiger charge is 2.18. The molecule has 0 saturated carbocycles. The number of nitrogens with one attached hydrogen (secondary N) is 1. The average molecular weight is 237 g/mol. The fourth-order valence-corrected chi connectivity index (χ4v) is 2.07. The van der Waals surface area contributed by atoms with Crippen LogP contribution in [0, 0.1) is 17.8 Å². The lowest BCUT2D eigenvalue weighted by molar-refractivity contribution is -0.122. The third-order valence-electron chi connectivity index (χ3n) is 3.11. The molecule has 0 aromatic carbocycles. The first-order chi connectivity index (χ1) is 8.00. The molecule has 1 heterocycles. The standard InChI is InChI=1S/C13H23N3O/c1-10(2)12(11(3)4)8-14-13(17)9-16-7-5-6-15-16/h5-7,10-12H,8-9H2,1-4H3,(H,14,17). The Balaban J connectivity index is 2.36. The summed E-state index contributed by atoms with van der Waals surface area (Å²) in [6.45, 7) is 9.84. The number of amides is 1. The smallest absolute Gasteiger partial charge is 0.241 e. The van der Waals surface area contributed by atoms with E-state index in [1.165, 1.54) is 0 Å². The fraction of sp³-hybridized carbons (Fsp3) is 0.692. The molecule has 0 aliphatic rings. The molecule has 17 heavy (non-hydrogen) atoms. The molecule has 0 fully saturated rings. The number of hydrogen-bond donors (Lipinski definition) is 1. The van der Waals surface area contributed by atoms with E-state index in [4.69, 9.17) is 0 Å². The summed E-state index contributed by atoms with van der Waals surface area (Å²) in [6, 6.07) is 1.82. The van der Waals surface area contributed by atoms with Crippen LogP contribution in [0.5, 0.6) is 0 Å². The highest BCUT2D eigenvalue weighted by Crippen LogP contribution is 2.19. The van der Waals surface area contributed by atoms with E-state index in [1.54, 1.807) is 17.1 Å². The first kappa shape index (κ1) is 13.7. The van der Waals surface area contributed by atoms with Gasteiger partial charge in [-0.05, 0) is 23.8 Å². The molecule has 0 aliphatic carbocycles. The molecule has 1 amide bonds. The number of rotatable bonds is 6. The van der Waals surface area contributed by atoms with Crippen LogP contribution in [0.25, 0.3) is 0 Å². The molecule has 0 aliphatic heterocycles. The zero-order chi connectivity index (χ0) is 12.8. The third-order valence-corrected chi connectivity index (χ3v) is 3.11. The monoisotopic (exact) mass is 237 g/mol. The van der Waals surface area contributed by atoms with E-state index in [2.05, 4.69) is 38.1 Å². The van der Waals surface area contributed by atoms with Gasteiger partial charge < -0.3 is 5.32 Å². The zero-order valence-electron chi connectivity index (χ0n) is 11.2. The average Bonchev–Trinajstić information content (AvgIpc) is 2.69. The van der Waals surface area contributed by atoms with E-state index in [0.717, 1.165) is 6.54 Å². The van der Waals surface area contributed by atoms with Crippen LogP contribution in [0.2, 0.25) is 0 Å². The van der Waals surface area contributed by atoms with Crippen LogP contribution in [0.1, 0.15) is 27.7 Å². The van der Waals surface area contributed by atoms with Gasteiger partial charge in [-0.15, -0.1) is 0 Å².